The summed E-state index contributed by atoms with van der Waals surface area (Å²) in [7, 11) is 0. The normalized spacial score (nSPS) is 10.3. The quantitative estimate of drug-likeness (QED) is 0.680. The molecule has 20 heavy (non-hydrogen) atoms. The number of carbonyl (C=O) groups is 1. The largest absolute Gasteiger partial charge is 0.357 e. The molecule has 0 saturated heterocycles. The Morgan fingerprint density at radius 1 is 1.25 bits per heavy atom. The lowest BCUT2D eigenvalue weighted by Crippen LogP contribution is -2.22. The minimum absolute atomic E-state index is 0.0411. The van der Waals surface area contributed by atoms with Crippen LogP contribution in [0.3, 0.4) is 0 Å². The first-order valence-corrected chi connectivity index (χ1v) is 7.42. The van der Waals surface area contributed by atoms with E-state index in [1.165, 1.54) is 0 Å². The lowest BCUT2D eigenvalue weighted by molar-refractivity contribution is -0.116. The van der Waals surface area contributed by atoms with Gasteiger partial charge in [0.15, 0.2) is 0 Å². The molecule has 0 aromatic carbocycles. The monoisotopic (exact) mass is 278 g/mol. The number of pyridine rings is 1. The molecule has 0 saturated carbocycles. The molecule has 0 bridgehead atoms. The van der Waals surface area contributed by atoms with Crippen LogP contribution >= 0.6 is 0 Å². The van der Waals surface area contributed by atoms with E-state index in [-0.39, 0.29) is 5.91 Å². The number of hydrogen-bond donors (Lipinski definition) is 2. The van der Waals surface area contributed by atoms with E-state index in [9.17, 15) is 4.79 Å². The van der Waals surface area contributed by atoms with Crippen molar-refractivity contribution in [1.29, 1.82) is 0 Å². The second-order valence-corrected chi connectivity index (χ2v) is 4.72. The van der Waals surface area contributed by atoms with E-state index >= 15 is 0 Å². The van der Waals surface area contributed by atoms with Gasteiger partial charge in [0.1, 0.15) is 5.82 Å². The molecular formula is C15H26N4O. The van der Waals surface area contributed by atoms with Gasteiger partial charge in [-0.3, -0.25) is 4.79 Å². The lowest BCUT2D eigenvalue weighted by Gasteiger charge is -2.19. The van der Waals surface area contributed by atoms with Crippen molar-refractivity contribution in [1.82, 2.24) is 4.98 Å². The fraction of sp³-hybridized carbons (Fsp3) is 0.600. The van der Waals surface area contributed by atoms with Gasteiger partial charge >= 0.3 is 0 Å². The minimum atomic E-state index is 0.0411. The zero-order valence-corrected chi connectivity index (χ0v) is 12.6. The summed E-state index contributed by atoms with van der Waals surface area (Å²) in [5.41, 5.74) is 6.17. The molecule has 0 fully saturated rings. The molecule has 0 aliphatic heterocycles. The SMILES string of the molecule is CCN(CC)c1ccc(NC(=O)CCCCCN)cn1. The second kappa shape index (κ2) is 9.31. The number of carbonyl (C=O) groups excluding carboxylic acids is 1. The Labute approximate surface area is 121 Å². The van der Waals surface area contributed by atoms with Gasteiger partial charge in [-0.1, -0.05) is 6.42 Å². The molecule has 5 heteroatoms. The number of nitrogens with one attached hydrogen (secondary N) is 1. The fourth-order valence-corrected chi connectivity index (χ4v) is 2.02. The Morgan fingerprint density at radius 3 is 2.55 bits per heavy atom. The average molecular weight is 278 g/mol. The highest BCUT2D eigenvalue weighted by Crippen LogP contribution is 2.14. The van der Waals surface area contributed by atoms with Crippen molar-refractivity contribution in [2.75, 3.05) is 29.9 Å². The number of hydrogen-bond acceptors (Lipinski definition) is 4. The van der Waals surface area contributed by atoms with Crippen molar-refractivity contribution >= 4 is 17.4 Å². The molecule has 0 spiro atoms. The number of amides is 1. The van der Waals surface area contributed by atoms with Crippen LogP contribution in [0, 0.1) is 0 Å². The van der Waals surface area contributed by atoms with Gasteiger partial charge < -0.3 is 16.0 Å². The van der Waals surface area contributed by atoms with Crippen molar-refractivity contribution in [2.45, 2.75) is 39.5 Å². The highest BCUT2D eigenvalue weighted by molar-refractivity contribution is 5.90. The van der Waals surface area contributed by atoms with Crippen LogP contribution in [0.15, 0.2) is 18.3 Å². The number of aromatic nitrogens is 1. The predicted molar refractivity (Wildman–Crippen MR) is 84.0 cm³/mol. The smallest absolute Gasteiger partial charge is 0.224 e. The molecular weight excluding hydrogens is 252 g/mol. The van der Waals surface area contributed by atoms with Gasteiger partial charge in [-0.25, -0.2) is 4.98 Å². The first-order chi connectivity index (χ1) is 9.71. The van der Waals surface area contributed by atoms with E-state index in [0.717, 1.165) is 43.9 Å². The predicted octanol–water partition coefficient (Wildman–Crippen LogP) is 2.39. The van der Waals surface area contributed by atoms with Crippen molar-refractivity contribution < 1.29 is 4.79 Å². The maximum absolute atomic E-state index is 11.7. The van der Waals surface area contributed by atoms with Gasteiger partial charge in [0.25, 0.3) is 0 Å². The van der Waals surface area contributed by atoms with Gasteiger partial charge in [0.05, 0.1) is 11.9 Å². The van der Waals surface area contributed by atoms with Crippen LogP contribution < -0.4 is 16.0 Å². The van der Waals surface area contributed by atoms with Crippen molar-refractivity contribution in [3.8, 4) is 0 Å². The number of rotatable bonds is 9. The molecule has 112 valence electrons. The van der Waals surface area contributed by atoms with Gasteiger partial charge in [-0.05, 0) is 45.4 Å². The summed E-state index contributed by atoms with van der Waals surface area (Å²) in [5, 5.41) is 2.87. The lowest BCUT2D eigenvalue weighted by atomic mass is 10.2. The van der Waals surface area contributed by atoms with Gasteiger partial charge in [-0.15, -0.1) is 0 Å². The van der Waals surface area contributed by atoms with Crippen LogP contribution in [0.4, 0.5) is 11.5 Å². The maximum atomic E-state index is 11.7. The third-order valence-electron chi connectivity index (χ3n) is 3.23. The molecule has 1 heterocycles. The van der Waals surface area contributed by atoms with Crippen LogP contribution in [0.2, 0.25) is 0 Å². The van der Waals surface area contributed by atoms with Crippen molar-refractivity contribution in [3.63, 3.8) is 0 Å². The van der Waals surface area contributed by atoms with E-state index in [1.807, 2.05) is 12.1 Å². The van der Waals surface area contributed by atoms with Crippen molar-refractivity contribution in [3.05, 3.63) is 18.3 Å². The van der Waals surface area contributed by atoms with Gasteiger partial charge in [0, 0.05) is 19.5 Å². The van der Waals surface area contributed by atoms with Crippen LogP contribution in [-0.4, -0.2) is 30.5 Å². The number of nitrogens with zero attached hydrogens (tertiary/aromatic N) is 2. The highest BCUT2D eigenvalue weighted by atomic mass is 16.1. The topological polar surface area (TPSA) is 71.2 Å². The third kappa shape index (κ3) is 5.57. The summed E-state index contributed by atoms with van der Waals surface area (Å²) >= 11 is 0. The van der Waals surface area contributed by atoms with E-state index in [0.29, 0.717) is 13.0 Å². The minimum Gasteiger partial charge on any atom is -0.357 e. The van der Waals surface area contributed by atoms with E-state index in [2.05, 4.69) is 29.0 Å². The molecule has 1 rings (SSSR count). The summed E-state index contributed by atoms with van der Waals surface area (Å²) in [6.45, 7) is 6.75. The Balaban J connectivity index is 2.42. The molecule has 0 aliphatic rings. The van der Waals surface area contributed by atoms with E-state index < -0.39 is 0 Å². The summed E-state index contributed by atoms with van der Waals surface area (Å²) in [5.74, 6) is 0.982. The van der Waals surface area contributed by atoms with E-state index in [4.69, 9.17) is 5.73 Å². The maximum Gasteiger partial charge on any atom is 0.224 e. The number of nitrogens with two attached hydrogens (primary N) is 1. The first kappa shape index (κ1) is 16.4. The highest BCUT2D eigenvalue weighted by Gasteiger charge is 2.05. The molecule has 0 unspecified atom stereocenters. The Bertz CT molecular complexity index is 387. The molecule has 1 aromatic rings. The standard InChI is InChI=1S/C15H26N4O/c1-3-19(4-2)14-10-9-13(12-17-14)18-15(20)8-6-5-7-11-16/h9-10,12H,3-8,11,16H2,1-2H3,(H,18,20). The summed E-state index contributed by atoms with van der Waals surface area (Å²) < 4.78 is 0. The first-order valence-electron chi connectivity index (χ1n) is 7.42. The Kier molecular flexibility index (Phi) is 7.65. The molecule has 0 aliphatic carbocycles. The summed E-state index contributed by atoms with van der Waals surface area (Å²) in [4.78, 5) is 18.3. The zero-order chi connectivity index (χ0) is 14.8. The number of unbranched alkanes of at least 4 members (excludes halogenated alkanes) is 2. The number of anilines is 2. The van der Waals surface area contributed by atoms with Gasteiger partial charge in [0.2, 0.25) is 5.91 Å². The van der Waals surface area contributed by atoms with Crippen LogP contribution in [0.25, 0.3) is 0 Å². The van der Waals surface area contributed by atoms with Crippen molar-refractivity contribution in [2.24, 2.45) is 5.73 Å². The molecule has 0 radical (unpaired) electrons. The van der Waals surface area contributed by atoms with E-state index in [1.54, 1.807) is 6.20 Å². The molecule has 3 N–H and O–H groups in total. The molecule has 5 nitrogen and oxygen atoms in total. The molecule has 0 atom stereocenters. The van der Waals surface area contributed by atoms with Crippen LogP contribution in [0.5, 0.6) is 0 Å². The van der Waals surface area contributed by atoms with Gasteiger partial charge in [-0.2, -0.15) is 0 Å². The average Bonchev–Trinajstić information content (AvgIpc) is 2.47. The summed E-state index contributed by atoms with van der Waals surface area (Å²) in [6, 6.07) is 3.84. The zero-order valence-electron chi connectivity index (χ0n) is 12.6. The molecule has 1 amide bonds. The Morgan fingerprint density at radius 2 is 2.00 bits per heavy atom. The van der Waals surface area contributed by atoms with Crippen LogP contribution in [-0.2, 0) is 4.79 Å². The summed E-state index contributed by atoms with van der Waals surface area (Å²) in [6.07, 6.45) is 5.12. The second-order valence-electron chi connectivity index (χ2n) is 4.72. The van der Waals surface area contributed by atoms with Crippen LogP contribution in [0.1, 0.15) is 39.5 Å². The third-order valence-corrected chi connectivity index (χ3v) is 3.23. The molecule has 1 aromatic heterocycles. The fourth-order valence-electron chi connectivity index (χ4n) is 2.02. The Hall–Kier alpha value is -1.62.